The fourth-order valence-corrected chi connectivity index (χ4v) is 7.79. The van der Waals surface area contributed by atoms with E-state index in [1.54, 1.807) is 123 Å². The quantitative estimate of drug-likeness (QED) is 0.0190. The third-order valence-corrected chi connectivity index (χ3v) is 12.9. The van der Waals surface area contributed by atoms with Gasteiger partial charge >= 0.3 is 12.2 Å². The van der Waals surface area contributed by atoms with Crippen LogP contribution in [0.3, 0.4) is 0 Å². The highest BCUT2D eigenvalue weighted by Crippen LogP contribution is 2.26. The zero-order chi connectivity index (χ0) is 70.4. The number of aromatic nitrogens is 7. The normalized spacial score (nSPS) is 11.7. The molecule has 8 aromatic rings. The lowest BCUT2D eigenvalue weighted by molar-refractivity contribution is 0.0939. The number of hydrogen-bond acceptors (Lipinski definition) is 18. The molecule has 514 valence electrons. The third kappa shape index (κ3) is 28.0. The van der Waals surface area contributed by atoms with E-state index in [1.807, 2.05) is 35.0 Å². The third-order valence-electron chi connectivity index (χ3n) is 12.9. The number of hydrogen-bond donors (Lipinski definition) is 9. The Morgan fingerprint density at radius 3 is 1.24 bits per heavy atom. The predicted molar refractivity (Wildman–Crippen MR) is 359 cm³/mol. The van der Waals surface area contributed by atoms with Crippen LogP contribution in [0.25, 0.3) is 33.4 Å². The van der Waals surface area contributed by atoms with Crippen molar-refractivity contribution < 1.29 is 65.5 Å². The van der Waals surface area contributed by atoms with Gasteiger partial charge in [-0.15, -0.1) is 0 Å². The van der Waals surface area contributed by atoms with Gasteiger partial charge in [0.2, 0.25) is 0 Å². The van der Waals surface area contributed by atoms with Gasteiger partial charge in [-0.3, -0.25) is 4.79 Å². The summed E-state index contributed by atoms with van der Waals surface area (Å²) in [6, 6.07) is 33.7. The highest BCUT2D eigenvalue weighted by molar-refractivity contribution is 6.00. The molecule has 0 bridgehead atoms. The van der Waals surface area contributed by atoms with Crippen LogP contribution in [0.15, 0.2) is 199 Å². The Hall–Kier alpha value is -10.5. The monoisotopic (exact) mass is 1330 g/mol. The first kappa shape index (κ1) is 77.9. The van der Waals surface area contributed by atoms with Crippen LogP contribution in [-0.4, -0.2) is 122 Å². The minimum atomic E-state index is -0.512. The second kappa shape index (κ2) is 41.9. The van der Waals surface area contributed by atoms with Crippen molar-refractivity contribution in [1.29, 1.82) is 0 Å². The van der Waals surface area contributed by atoms with Crippen molar-refractivity contribution in [2.75, 3.05) is 59.0 Å². The molecule has 14 N–H and O–H groups in total. The van der Waals surface area contributed by atoms with Crippen LogP contribution in [0.1, 0.15) is 51.4 Å². The van der Waals surface area contributed by atoms with Gasteiger partial charge in [0.05, 0.1) is 57.1 Å². The van der Waals surface area contributed by atoms with Crippen LogP contribution < -0.4 is 58.2 Å². The number of Topliss-reactive ketones (excluding diaryl/α,β-unsaturated/α-hetero) is 1. The van der Waals surface area contributed by atoms with Crippen LogP contribution in [0.2, 0.25) is 0 Å². The summed E-state index contributed by atoms with van der Waals surface area (Å²) in [5.41, 5.74) is 33.6. The average molecular weight is 1340 g/mol. The Bertz CT molecular complexity index is 3630. The van der Waals surface area contributed by atoms with Crippen LogP contribution in [-0.2, 0) is 19.6 Å². The summed E-state index contributed by atoms with van der Waals surface area (Å²) in [7, 11) is 0. The molecular formula is C68H83F5N14O9. The summed E-state index contributed by atoms with van der Waals surface area (Å²) in [6.07, 6.45) is 6.93. The largest absolute Gasteiger partial charge is 0.508 e. The Morgan fingerprint density at radius 1 is 0.510 bits per heavy atom. The molecule has 0 radical (unpaired) electrons. The van der Waals surface area contributed by atoms with Crippen molar-refractivity contribution in [3.8, 4) is 57.0 Å². The number of nitrogens with zero attached hydrogens (tertiary/aromatic N) is 7. The molecule has 3 aromatic heterocycles. The van der Waals surface area contributed by atoms with Crippen LogP contribution in [0.5, 0.6) is 34.5 Å². The van der Waals surface area contributed by atoms with Crippen molar-refractivity contribution in [2.24, 2.45) is 34.1 Å². The number of carbonyl (C=O) groups is 3. The minimum absolute atomic E-state index is 0.0279. The first-order valence-corrected chi connectivity index (χ1v) is 30.0. The number of nitrogens with two attached hydrogens (primary N) is 5. The Balaban J connectivity index is 0.000000256. The Kier molecular flexibility index (Phi) is 34.0. The summed E-state index contributed by atoms with van der Waals surface area (Å²) in [5.74, 6) is 2.41. The number of fused-ring (bicyclic) bond motifs is 1. The van der Waals surface area contributed by atoms with Gasteiger partial charge in [-0.2, -0.15) is 30.0 Å². The molecule has 2 amide bonds. The van der Waals surface area contributed by atoms with Gasteiger partial charge in [0, 0.05) is 104 Å². The number of halogens is 5. The van der Waals surface area contributed by atoms with E-state index in [0.717, 1.165) is 27.6 Å². The van der Waals surface area contributed by atoms with Crippen molar-refractivity contribution >= 4 is 28.9 Å². The summed E-state index contributed by atoms with van der Waals surface area (Å²) < 4.78 is 84.5. The first-order valence-electron chi connectivity index (χ1n) is 30.0. The molecule has 0 aliphatic heterocycles. The lowest BCUT2D eigenvalue weighted by Gasteiger charge is -2.16. The van der Waals surface area contributed by atoms with Crippen molar-refractivity contribution in [1.82, 2.24) is 45.2 Å². The van der Waals surface area contributed by atoms with Gasteiger partial charge < -0.3 is 73.0 Å². The number of ether oxygens (including phenoxy) is 4. The van der Waals surface area contributed by atoms with Gasteiger partial charge in [-0.1, -0.05) is 20.8 Å². The Morgan fingerprint density at radius 2 is 0.885 bits per heavy atom. The molecule has 8 rings (SSSR count). The van der Waals surface area contributed by atoms with E-state index >= 15 is 0 Å². The molecule has 23 nitrogen and oxygen atoms in total. The summed E-state index contributed by atoms with van der Waals surface area (Å²) in [5, 5.41) is 40.8. The maximum atomic E-state index is 12.7. The van der Waals surface area contributed by atoms with Crippen LogP contribution in [0.4, 0.5) is 31.5 Å². The van der Waals surface area contributed by atoms with Crippen molar-refractivity contribution in [3.63, 3.8) is 0 Å². The van der Waals surface area contributed by atoms with Crippen molar-refractivity contribution in [3.05, 3.63) is 205 Å². The fourth-order valence-electron chi connectivity index (χ4n) is 7.79. The molecule has 0 spiro atoms. The van der Waals surface area contributed by atoms with Gasteiger partial charge in [0.15, 0.2) is 5.78 Å². The lowest BCUT2D eigenvalue weighted by atomic mass is 9.88. The summed E-state index contributed by atoms with van der Waals surface area (Å²) in [6.45, 7) is 12.5. The molecule has 0 saturated heterocycles. The SMILES string of the molecule is CC(C)(C)CC(=O)c1ccc2c(ccn2C/C(=C/F)CN)c1.CCNC(=O)Oc1ccc(OC/C(=C/F)CN)cc1.CCNC(=O)Oc1ccc(OC/C(=C\F)CN)cc1.NC/C(=C/F)Cn1ncc(-c2ccc(O)cc2)n1.NC/C(=C\F)Cn1ncc(-c2ccc(O)cc2)n1. The van der Waals surface area contributed by atoms with E-state index in [-0.39, 0.29) is 81.7 Å². The van der Waals surface area contributed by atoms with E-state index < -0.39 is 12.2 Å². The maximum Gasteiger partial charge on any atom is 0.412 e. The second-order valence-corrected chi connectivity index (χ2v) is 21.7. The molecule has 0 unspecified atom stereocenters. The molecule has 0 saturated carbocycles. The van der Waals surface area contributed by atoms with E-state index in [4.69, 9.17) is 47.6 Å². The number of benzene rings is 5. The standard InChI is InChI=1S/C18H23FN2O.2C13H17FN2O3.2C12H13FN4O/c1-18(2,3)9-17(22)15-4-5-16-14(8-15)6-7-21(16)12-13(10-19)11-20;2*1-2-16-13(17)19-12-5-3-11(4-6-12)18-9-10(7-14)8-15;2*13-5-9(6-14)8-17-15-7-12(16-17)10-1-3-11(18)4-2-10/h4-8,10H,9,11-12,20H2,1-3H3;2*3-7H,2,8-9,15H2,1H3,(H,16,17);2*1-5,7,18H,6,8,14H2/b13-10+;10-7+;10-7-;9-5+;9-5-. The molecule has 0 atom stereocenters. The maximum absolute atomic E-state index is 12.7. The molecule has 28 heteroatoms. The second-order valence-electron chi connectivity index (χ2n) is 21.7. The number of nitrogens with one attached hydrogen (secondary N) is 2. The van der Waals surface area contributed by atoms with Gasteiger partial charge in [0.25, 0.3) is 0 Å². The molecular weight excluding hydrogens is 1250 g/mol. The van der Waals surface area contributed by atoms with Crippen molar-refractivity contribution in [2.45, 2.75) is 60.7 Å². The number of phenolic OH excluding ortho intramolecular Hbond substituents is 2. The van der Waals surface area contributed by atoms with Crippen LogP contribution in [0, 0.1) is 5.41 Å². The Labute approximate surface area is 553 Å². The van der Waals surface area contributed by atoms with E-state index in [2.05, 4.69) is 51.8 Å². The number of amides is 2. The zero-order valence-electron chi connectivity index (χ0n) is 54.0. The molecule has 5 aromatic carbocycles. The first-order chi connectivity index (χ1) is 46.2. The highest BCUT2D eigenvalue weighted by atomic mass is 19.1. The van der Waals surface area contributed by atoms with E-state index in [9.17, 15) is 46.5 Å². The molecule has 0 fully saturated rings. The predicted octanol–water partition coefficient (Wildman–Crippen LogP) is 11.0. The van der Waals surface area contributed by atoms with E-state index in [0.29, 0.717) is 120 Å². The average Bonchev–Trinajstić information content (AvgIpc) is 1.65. The van der Waals surface area contributed by atoms with Crippen LogP contribution >= 0.6 is 0 Å². The summed E-state index contributed by atoms with van der Waals surface area (Å²) >= 11 is 0. The zero-order valence-corrected chi connectivity index (χ0v) is 54.0. The molecule has 3 heterocycles. The molecule has 0 aliphatic rings. The number of ketones is 1. The number of aromatic hydroxyl groups is 2. The summed E-state index contributed by atoms with van der Waals surface area (Å²) in [4.78, 5) is 37.4. The smallest absolute Gasteiger partial charge is 0.412 e. The highest BCUT2D eigenvalue weighted by Gasteiger charge is 2.18. The van der Waals surface area contributed by atoms with Gasteiger partial charge in [-0.05, 0) is 157 Å². The molecule has 0 aliphatic carbocycles. The van der Waals surface area contributed by atoms with Gasteiger partial charge in [-0.25, -0.2) is 31.5 Å². The lowest BCUT2D eigenvalue weighted by Crippen LogP contribution is -2.26. The van der Waals surface area contributed by atoms with Gasteiger partial charge in [0.1, 0.15) is 59.1 Å². The number of phenols is 2. The minimum Gasteiger partial charge on any atom is -0.508 e. The fraction of sp³-hybridized carbons (Fsp3) is 0.279. The topological polar surface area (TPSA) is 349 Å². The molecule has 96 heavy (non-hydrogen) atoms. The number of rotatable bonds is 25. The van der Waals surface area contributed by atoms with E-state index in [1.165, 1.54) is 9.59 Å². The number of carbonyl (C=O) groups excluding carboxylic acids is 3.